The normalized spacial score (nSPS) is 39.2. The molecule has 12 heavy (non-hydrogen) atoms. The lowest BCUT2D eigenvalue weighted by atomic mass is 9.85. The van der Waals surface area contributed by atoms with Crippen LogP contribution in [0.2, 0.25) is 0 Å². The zero-order valence-electron chi connectivity index (χ0n) is 6.86. The molecule has 0 spiro atoms. The molecule has 2 saturated heterocycles. The molecule has 0 amide bonds. The molecule has 2 aliphatic rings. The Labute approximate surface area is 71.1 Å². The average molecular weight is 164 g/mol. The Morgan fingerprint density at radius 1 is 1.50 bits per heavy atom. The van der Waals surface area contributed by atoms with Gasteiger partial charge in [-0.25, -0.2) is 0 Å². The molecule has 2 aliphatic heterocycles. The van der Waals surface area contributed by atoms with Crippen LogP contribution < -0.4 is 0 Å². The molecular weight excluding hydrogens is 152 g/mol. The van der Waals surface area contributed by atoms with Gasteiger partial charge in [0.1, 0.15) is 0 Å². The summed E-state index contributed by atoms with van der Waals surface area (Å²) < 4.78 is 5.77. The smallest absolute Gasteiger partial charge is 0.0650 e. The molecule has 0 saturated carbocycles. The third kappa shape index (κ3) is 0.829. The molecule has 0 radical (unpaired) electrons. The number of H-pyrrole nitrogens is 1. The molecule has 64 valence electrons. The molecule has 3 unspecified atom stereocenters. The standard InChI is InChI=1S/C9H12N2O/c1-2-9-8(3-7(1)12-9)6-4-10-11-5-6/h4-5,7-9H,1-3H2,(H,10,11). The largest absolute Gasteiger partial charge is 0.374 e. The zero-order valence-corrected chi connectivity index (χ0v) is 6.86. The second-order valence-corrected chi connectivity index (χ2v) is 3.75. The first-order valence-electron chi connectivity index (χ1n) is 4.57. The maximum Gasteiger partial charge on any atom is 0.0650 e. The number of aromatic nitrogens is 2. The number of hydrogen-bond donors (Lipinski definition) is 1. The number of nitrogens with zero attached hydrogens (tertiary/aromatic N) is 1. The minimum atomic E-state index is 0.479. The van der Waals surface area contributed by atoms with E-state index in [2.05, 4.69) is 10.2 Å². The number of rotatable bonds is 1. The Kier molecular flexibility index (Phi) is 1.29. The monoisotopic (exact) mass is 164 g/mol. The predicted octanol–water partition coefficient (Wildman–Crippen LogP) is 1.44. The molecule has 3 heterocycles. The van der Waals surface area contributed by atoms with Gasteiger partial charge in [0.2, 0.25) is 0 Å². The summed E-state index contributed by atoms with van der Waals surface area (Å²) in [6.07, 6.45) is 8.63. The van der Waals surface area contributed by atoms with Crippen molar-refractivity contribution in [2.24, 2.45) is 0 Å². The van der Waals surface area contributed by atoms with E-state index in [4.69, 9.17) is 4.74 Å². The molecule has 1 aromatic rings. The van der Waals surface area contributed by atoms with Gasteiger partial charge in [0, 0.05) is 12.1 Å². The van der Waals surface area contributed by atoms with Crippen LogP contribution in [-0.4, -0.2) is 22.4 Å². The number of hydrogen-bond acceptors (Lipinski definition) is 2. The Morgan fingerprint density at radius 2 is 2.50 bits per heavy atom. The number of aromatic amines is 1. The van der Waals surface area contributed by atoms with Crippen molar-refractivity contribution in [2.45, 2.75) is 37.4 Å². The van der Waals surface area contributed by atoms with E-state index in [1.165, 1.54) is 24.8 Å². The van der Waals surface area contributed by atoms with Gasteiger partial charge in [0.25, 0.3) is 0 Å². The van der Waals surface area contributed by atoms with Gasteiger partial charge in [-0.2, -0.15) is 5.10 Å². The minimum absolute atomic E-state index is 0.479. The zero-order chi connectivity index (χ0) is 7.97. The molecule has 3 rings (SSSR count). The van der Waals surface area contributed by atoms with Crippen molar-refractivity contribution in [1.29, 1.82) is 0 Å². The minimum Gasteiger partial charge on any atom is -0.374 e. The fourth-order valence-electron chi connectivity index (χ4n) is 2.45. The number of nitrogens with one attached hydrogen (secondary N) is 1. The molecular formula is C9H12N2O. The lowest BCUT2D eigenvalue weighted by molar-refractivity contribution is 0.101. The summed E-state index contributed by atoms with van der Waals surface area (Å²) in [5.41, 5.74) is 1.32. The summed E-state index contributed by atoms with van der Waals surface area (Å²) >= 11 is 0. The van der Waals surface area contributed by atoms with Crippen LogP contribution in [0.15, 0.2) is 12.4 Å². The summed E-state index contributed by atoms with van der Waals surface area (Å²) in [4.78, 5) is 0. The second kappa shape index (κ2) is 2.33. The van der Waals surface area contributed by atoms with Gasteiger partial charge in [-0.05, 0) is 24.8 Å². The Bertz CT molecular complexity index is 270. The van der Waals surface area contributed by atoms with Crippen LogP contribution >= 0.6 is 0 Å². The fraction of sp³-hybridized carbons (Fsp3) is 0.667. The van der Waals surface area contributed by atoms with Crippen molar-refractivity contribution in [3.63, 3.8) is 0 Å². The van der Waals surface area contributed by atoms with Crippen molar-refractivity contribution in [2.75, 3.05) is 0 Å². The Balaban J connectivity index is 1.87. The van der Waals surface area contributed by atoms with Crippen molar-refractivity contribution >= 4 is 0 Å². The average Bonchev–Trinajstić information content (AvgIpc) is 2.81. The first-order chi connectivity index (χ1) is 5.93. The lowest BCUT2D eigenvalue weighted by Crippen LogP contribution is -2.13. The van der Waals surface area contributed by atoms with Gasteiger partial charge in [0.05, 0.1) is 18.4 Å². The van der Waals surface area contributed by atoms with Crippen LogP contribution in [-0.2, 0) is 4.74 Å². The molecule has 1 N–H and O–H groups in total. The van der Waals surface area contributed by atoms with E-state index in [0.717, 1.165) is 0 Å². The molecule has 2 bridgehead atoms. The van der Waals surface area contributed by atoms with Crippen LogP contribution in [0, 0.1) is 0 Å². The summed E-state index contributed by atoms with van der Waals surface area (Å²) in [5.74, 6) is 0.613. The summed E-state index contributed by atoms with van der Waals surface area (Å²) in [6.45, 7) is 0. The maximum atomic E-state index is 5.77. The Morgan fingerprint density at radius 3 is 3.08 bits per heavy atom. The van der Waals surface area contributed by atoms with Crippen LogP contribution in [0.25, 0.3) is 0 Å². The summed E-state index contributed by atoms with van der Waals surface area (Å²) in [7, 11) is 0. The van der Waals surface area contributed by atoms with Gasteiger partial charge in [-0.15, -0.1) is 0 Å². The summed E-state index contributed by atoms with van der Waals surface area (Å²) in [5, 5.41) is 6.83. The first-order valence-corrected chi connectivity index (χ1v) is 4.57. The number of ether oxygens (including phenoxy) is 1. The molecule has 0 aliphatic carbocycles. The second-order valence-electron chi connectivity index (χ2n) is 3.75. The molecule has 3 nitrogen and oxygen atoms in total. The quantitative estimate of drug-likeness (QED) is 0.682. The van der Waals surface area contributed by atoms with E-state index in [1.54, 1.807) is 0 Å². The lowest BCUT2D eigenvalue weighted by Gasteiger charge is -2.16. The predicted molar refractivity (Wildman–Crippen MR) is 43.8 cm³/mol. The molecule has 3 atom stereocenters. The third-order valence-corrected chi connectivity index (χ3v) is 3.05. The van der Waals surface area contributed by atoms with Crippen molar-refractivity contribution in [1.82, 2.24) is 10.2 Å². The van der Waals surface area contributed by atoms with Crippen LogP contribution in [0.5, 0.6) is 0 Å². The molecule has 1 aromatic heterocycles. The van der Waals surface area contributed by atoms with E-state index < -0.39 is 0 Å². The molecule has 3 heteroatoms. The fourth-order valence-corrected chi connectivity index (χ4v) is 2.45. The molecule has 0 aromatic carbocycles. The highest BCUT2D eigenvalue weighted by molar-refractivity contribution is 5.16. The van der Waals surface area contributed by atoms with Gasteiger partial charge < -0.3 is 4.74 Å². The van der Waals surface area contributed by atoms with Crippen molar-refractivity contribution in [3.8, 4) is 0 Å². The highest BCUT2D eigenvalue weighted by atomic mass is 16.5. The topological polar surface area (TPSA) is 37.9 Å². The van der Waals surface area contributed by atoms with Crippen LogP contribution in [0.3, 0.4) is 0 Å². The van der Waals surface area contributed by atoms with Gasteiger partial charge >= 0.3 is 0 Å². The van der Waals surface area contributed by atoms with Crippen LogP contribution in [0.1, 0.15) is 30.7 Å². The third-order valence-electron chi connectivity index (χ3n) is 3.05. The van der Waals surface area contributed by atoms with Gasteiger partial charge in [-0.3, -0.25) is 5.10 Å². The van der Waals surface area contributed by atoms with E-state index in [-0.39, 0.29) is 0 Å². The van der Waals surface area contributed by atoms with E-state index in [9.17, 15) is 0 Å². The maximum absolute atomic E-state index is 5.77. The van der Waals surface area contributed by atoms with Gasteiger partial charge in [0.15, 0.2) is 0 Å². The molecule has 2 fully saturated rings. The number of fused-ring (bicyclic) bond motifs is 2. The summed E-state index contributed by atoms with van der Waals surface area (Å²) in [6, 6.07) is 0. The SMILES string of the molecule is c1n[nH]cc1C1CC2CCC1O2. The highest BCUT2D eigenvalue weighted by Gasteiger charge is 2.41. The highest BCUT2D eigenvalue weighted by Crippen LogP contribution is 2.43. The van der Waals surface area contributed by atoms with Crippen molar-refractivity contribution < 1.29 is 4.74 Å². The van der Waals surface area contributed by atoms with E-state index in [1.807, 2.05) is 12.4 Å². The van der Waals surface area contributed by atoms with E-state index in [0.29, 0.717) is 18.1 Å². The Hall–Kier alpha value is -0.830. The van der Waals surface area contributed by atoms with Gasteiger partial charge in [-0.1, -0.05) is 0 Å². The first kappa shape index (κ1) is 6.66. The van der Waals surface area contributed by atoms with E-state index >= 15 is 0 Å². The van der Waals surface area contributed by atoms with Crippen molar-refractivity contribution in [3.05, 3.63) is 18.0 Å². The van der Waals surface area contributed by atoms with Crippen LogP contribution in [0.4, 0.5) is 0 Å².